The van der Waals surface area contributed by atoms with Crippen LogP contribution in [0.15, 0.2) is 29.0 Å². The molecule has 0 radical (unpaired) electrons. The van der Waals surface area contributed by atoms with Gasteiger partial charge < -0.3 is 36.4 Å². The molecule has 10 heteroatoms. The van der Waals surface area contributed by atoms with E-state index in [1.165, 1.54) is 0 Å². The maximum Gasteiger partial charge on any atom is 0.255 e. The van der Waals surface area contributed by atoms with Gasteiger partial charge >= 0.3 is 0 Å². The topological polar surface area (TPSA) is 173 Å². The summed E-state index contributed by atoms with van der Waals surface area (Å²) >= 11 is 0. The molecule has 192 valence electrons. The number of phenols is 1. The van der Waals surface area contributed by atoms with Crippen LogP contribution in [-0.4, -0.2) is 74.6 Å². The van der Waals surface area contributed by atoms with Crippen molar-refractivity contribution in [2.45, 2.75) is 50.3 Å². The van der Waals surface area contributed by atoms with Crippen LogP contribution >= 0.6 is 0 Å². The number of phenolic OH excluding ortho intramolecular Hbond substituents is 1. The van der Waals surface area contributed by atoms with E-state index < -0.39 is 52.0 Å². The zero-order valence-corrected chi connectivity index (χ0v) is 20.1. The van der Waals surface area contributed by atoms with Crippen LogP contribution in [0, 0.1) is 11.8 Å². The average molecular weight is 498 g/mol. The van der Waals surface area contributed by atoms with Gasteiger partial charge in [0.1, 0.15) is 22.8 Å². The molecule has 0 spiro atoms. The fraction of sp³-hybridized carbons (Fsp3) is 0.500. The van der Waals surface area contributed by atoms with E-state index in [0.717, 1.165) is 25.9 Å². The first-order valence-electron chi connectivity index (χ1n) is 12.3. The number of aliphatic hydroxyl groups is 3. The molecule has 36 heavy (non-hydrogen) atoms. The van der Waals surface area contributed by atoms with Crippen molar-refractivity contribution in [1.29, 1.82) is 0 Å². The lowest BCUT2D eigenvalue weighted by molar-refractivity contribution is -0.147. The molecule has 1 saturated heterocycles. The third-order valence-corrected chi connectivity index (χ3v) is 8.32. The van der Waals surface area contributed by atoms with Gasteiger partial charge in [-0.15, -0.1) is 0 Å². The second-order valence-corrected chi connectivity index (χ2v) is 10.5. The van der Waals surface area contributed by atoms with Crippen LogP contribution in [0.25, 0.3) is 5.76 Å². The van der Waals surface area contributed by atoms with E-state index in [4.69, 9.17) is 5.73 Å². The summed E-state index contributed by atoms with van der Waals surface area (Å²) in [5.41, 5.74) is 3.11. The number of benzene rings is 1. The lowest BCUT2D eigenvalue weighted by Crippen LogP contribution is -2.58. The highest BCUT2D eigenvalue weighted by atomic mass is 16.3. The Morgan fingerprint density at radius 3 is 2.53 bits per heavy atom. The molecule has 1 aliphatic heterocycles. The number of carbonyl (C=O) groups excluding carboxylic acids is 3. The van der Waals surface area contributed by atoms with Crippen molar-refractivity contribution in [1.82, 2.24) is 10.2 Å². The van der Waals surface area contributed by atoms with Crippen LogP contribution in [0.4, 0.5) is 0 Å². The predicted octanol–water partition coefficient (Wildman–Crippen LogP) is 0.608. The van der Waals surface area contributed by atoms with Crippen LogP contribution < -0.4 is 11.1 Å². The Labute approximate surface area is 208 Å². The molecule has 1 aromatic carbocycles. The highest BCUT2D eigenvalue weighted by molar-refractivity contribution is 6.22. The molecule has 3 atom stereocenters. The summed E-state index contributed by atoms with van der Waals surface area (Å²) in [4.78, 5) is 40.0. The van der Waals surface area contributed by atoms with Gasteiger partial charge in [-0.05, 0) is 57.3 Å². The molecule has 1 saturated carbocycles. The van der Waals surface area contributed by atoms with Gasteiger partial charge in [-0.1, -0.05) is 12.1 Å². The summed E-state index contributed by atoms with van der Waals surface area (Å²) in [6, 6.07) is 3.92. The van der Waals surface area contributed by atoms with Crippen LogP contribution in [0.2, 0.25) is 0 Å². The number of nitrogens with zero attached hydrogens (tertiary/aromatic N) is 1. The molecule has 0 aromatic heterocycles. The SMILES string of the molecule is CN1CCC(NCc2ccc3c(c2O)C(O)=C2C(=O)C4(O)C(O)=C(C(N)=O)C(=O)CC4CC2C3)CC1. The molecule has 3 aliphatic carbocycles. The molecule has 1 aromatic rings. The number of hydrogen-bond donors (Lipinski definition) is 6. The lowest BCUT2D eigenvalue weighted by Gasteiger charge is -2.46. The van der Waals surface area contributed by atoms with E-state index >= 15 is 0 Å². The van der Waals surface area contributed by atoms with Crippen molar-refractivity contribution < 1.29 is 34.8 Å². The Morgan fingerprint density at radius 2 is 1.86 bits per heavy atom. The number of nitrogens with two attached hydrogens (primary N) is 1. The van der Waals surface area contributed by atoms with E-state index in [-0.39, 0.29) is 29.7 Å². The Balaban J connectivity index is 1.50. The zero-order valence-electron chi connectivity index (χ0n) is 20.1. The quantitative estimate of drug-likeness (QED) is 0.326. The van der Waals surface area contributed by atoms with E-state index in [1.54, 1.807) is 6.07 Å². The fourth-order valence-electron chi connectivity index (χ4n) is 6.25. The number of fused-ring (bicyclic) bond motifs is 3. The van der Waals surface area contributed by atoms with Gasteiger partial charge in [0.05, 0.1) is 5.56 Å². The van der Waals surface area contributed by atoms with E-state index in [1.807, 2.05) is 6.07 Å². The van der Waals surface area contributed by atoms with E-state index in [2.05, 4.69) is 17.3 Å². The zero-order chi connectivity index (χ0) is 25.9. The van der Waals surface area contributed by atoms with Crippen molar-refractivity contribution in [3.8, 4) is 5.75 Å². The Bertz CT molecular complexity index is 1230. The molecule has 3 unspecified atom stereocenters. The number of likely N-dealkylation sites (tertiary alicyclic amines) is 1. The van der Waals surface area contributed by atoms with Gasteiger partial charge in [0.25, 0.3) is 5.91 Å². The predicted molar refractivity (Wildman–Crippen MR) is 129 cm³/mol. The van der Waals surface area contributed by atoms with Crippen molar-refractivity contribution >= 4 is 23.2 Å². The number of piperidine rings is 1. The van der Waals surface area contributed by atoms with Gasteiger partial charge in [-0.2, -0.15) is 0 Å². The van der Waals surface area contributed by atoms with Crippen molar-refractivity contribution in [2.75, 3.05) is 20.1 Å². The second-order valence-electron chi connectivity index (χ2n) is 10.5. The summed E-state index contributed by atoms with van der Waals surface area (Å²) in [5, 5.41) is 47.7. The van der Waals surface area contributed by atoms with Crippen molar-refractivity contribution in [3.05, 3.63) is 45.7 Å². The Kier molecular flexibility index (Phi) is 5.93. The molecule has 1 heterocycles. The minimum Gasteiger partial charge on any atom is -0.508 e. The number of ketones is 2. The van der Waals surface area contributed by atoms with Crippen LogP contribution in [-0.2, 0) is 27.3 Å². The minimum atomic E-state index is -2.54. The maximum absolute atomic E-state index is 13.6. The molecule has 5 rings (SSSR count). The first-order valence-corrected chi connectivity index (χ1v) is 12.3. The third-order valence-electron chi connectivity index (χ3n) is 8.32. The first kappa shape index (κ1) is 24.5. The van der Waals surface area contributed by atoms with Crippen LogP contribution in [0.5, 0.6) is 5.75 Å². The molecule has 7 N–H and O–H groups in total. The number of carbonyl (C=O) groups is 3. The number of primary amides is 1. The molecule has 10 nitrogen and oxygen atoms in total. The molecule has 1 amide bonds. The monoisotopic (exact) mass is 497 g/mol. The van der Waals surface area contributed by atoms with E-state index in [9.17, 15) is 34.8 Å². The number of Topliss-reactive ketones (excluding diaryl/α,β-unsaturated/α-hetero) is 2. The summed E-state index contributed by atoms with van der Waals surface area (Å²) in [5.74, 6) is -6.09. The average Bonchev–Trinajstić information content (AvgIpc) is 2.81. The Hall–Kier alpha value is -3.21. The third kappa shape index (κ3) is 3.63. The summed E-state index contributed by atoms with van der Waals surface area (Å²) in [6.45, 7) is 2.35. The van der Waals surface area contributed by atoms with Crippen molar-refractivity contribution in [2.24, 2.45) is 17.6 Å². The molecule has 4 aliphatic rings. The highest BCUT2D eigenvalue weighted by Gasteiger charge is 2.60. The van der Waals surface area contributed by atoms with Crippen molar-refractivity contribution in [3.63, 3.8) is 0 Å². The summed E-state index contributed by atoms with van der Waals surface area (Å²) < 4.78 is 0. The van der Waals surface area contributed by atoms with Gasteiger partial charge in [0.15, 0.2) is 11.4 Å². The van der Waals surface area contributed by atoms with E-state index in [0.29, 0.717) is 30.1 Å². The second kappa shape index (κ2) is 8.72. The number of hydrogen-bond acceptors (Lipinski definition) is 9. The first-order chi connectivity index (χ1) is 17.0. The minimum absolute atomic E-state index is 0.123. The molecule has 2 fully saturated rings. The standard InChI is InChI=1S/C26H31N3O7/c1-29-6-4-16(5-7-29)28-11-13-3-2-12-8-14-9-15-10-17(30)20(25(27)35)24(34)26(15,36)23(33)19(14)22(32)18(12)21(13)31/h2-3,14-16,28,31-32,34,36H,4-11H2,1H3,(H2,27,35). The Morgan fingerprint density at radius 1 is 1.17 bits per heavy atom. The molecular weight excluding hydrogens is 466 g/mol. The number of nitrogens with one attached hydrogen (secondary N) is 1. The fourth-order valence-corrected chi connectivity index (χ4v) is 6.25. The molecular formula is C26H31N3O7. The van der Waals surface area contributed by atoms with Crippen LogP contribution in [0.3, 0.4) is 0 Å². The number of rotatable bonds is 4. The van der Waals surface area contributed by atoms with Gasteiger partial charge in [0.2, 0.25) is 5.78 Å². The number of amides is 1. The lowest BCUT2D eigenvalue weighted by atomic mass is 9.59. The maximum atomic E-state index is 13.6. The van der Waals surface area contributed by atoms with Gasteiger partial charge in [-0.3, -0.25) is 14.4 Å². The van der Waals surface area contributed by atoms with Gasteiger partial charge in [0, 0.05) is 36.1 Å². The molecule has 0 bridgehead atoms. The van der Waals surface area contributed by atoms with Gasteiger partial charge in [-0.25, -0.2) is 0 Å². The summed E-state index contributed by atoms with van der Waals surface area (Å²) in [7, 11) is 2.08. The largest absolute Gasteiger partial charge is 0.508 e. The number of aromatic hydroxyl groups is 1. The highest BCUT2D eigenvalue weighted by Crippen LogP contribution is 2.52. The summed E-state index contributed by atoms with van der Waals surface area (Å²) in [6.07, 6.45) is 2.09. The normalized spacial score (nSPS) is 29.2. The number of aliphatic hydroxyl groups excluding tert-OH is 2. The van der Waals surface area contributed by atoms with Crippen LogP contribution in [0.1, 0.15) is 42.4 Å². The smallest absolute Gasteiger partial charge is 0.255 e.